The second-order valence-corrected chi connectivity index (χ2v) is 9.46. The van der Waals surface area contributed by atoms with Gasteiger partial charge in [0, 0.05) is 37.8 Å². The van der Waals surface area contributed by atoms with Gasteiger partial charge in [-0.2, -0.15) is 5.10 Å². The van der Waals surface area contributed by atoms with Crippen molar-refractivity contribution in [1.29, 1.82) is 0 Å². The van der Waals surface area contributed by atoms with E-state index in [1.165, 1.54) is 49.1 Å². The second-order valence-electron chi connectivity index (χ2n) is 7.31. The van der Waals surface area contributed by atoms with Crippen molar-refractivity contribution in [3.8, 4) is 17.0 Å². The summed E-state index contributed by atoms with van der Waals surface area (Å²) in [6, 6.07) is 16.2. The van der Waals surface area contributed by atoms with Gasteiger partial charge in [-0.25, -0.2) is 17.4 Å². The van der Waals surface area contributed by atoms with Crippen LogP contribution in [0, 0.1) is 0 Å². The highest BCUT2D eigenvalue weighted by Gasteiger charge is 2.17. The van der Waals surface area contributed by atoms with E-state index in [0.717, 1.165) is 15.6 Å². The van der Waals surface area contributed by atoms with Crippen LogP contribution in [0.5, 0.6) is 5.75 Å². The molecule has 0 saturated heterocycles. The zero-order valence-electron chi connectivity index (χ0n) is 18.7. The van der Waals surface area contributed by atoms with Gasteiger partial charge >= 0.3 is 0 Å². The average molecular weight is 471 g/mol. The van der Waals surface area contributed by atoms with Gasteiger partial charge in [-0.15, -0.1) is 0 Å². The van der Waals surface area contributed by atoms with Gasteiger partial charge in [-0.05, 0) is 61.5 Å². The standard InChI is InChI=1S/C23H26N4O5S/c1-4-32-19-9-5-17(6-10-19)21-13-14-22(28)27(25-21)16-15-24-23(29)18-7-11-20(12-8-18)33(30,31)26(2)3/h5-14H,4,15-16H2,1-3H3,(H,24,29). The summed E-state index contributed by atoms with van der Waals surface area (Å²) >= 11 is 0. The van der Waals surface area contributed by atoms with Crippen molar-refractivity contribution in [3.05, 3.63) is 76.6 Å². The molecule has 174 valence electrons. The number of hydrogen-bond donors (Lipinski definition) is 1. The minimum absolute atomic E-state index is 0.103. The normalized spacial score (nSPS) is 11.4. The summed E-state index contributed by atoms with van der Waals surface area (Å²) in [4.78, 5) is 24.7. The van der Waals surface area contributed by atoms with Crippen LogP contribution in [0.25, 0.3) is 11.3 Å². The number of carbonyl (C=O) groups is 1. The summed E-state index contributed by atoms with van der Waals surface area (Å²) in [5.41, 5.74) is 1.50. The molecule has 0 radical (unpaired) electrons. The Morgan fingerprint density at radius 2 is 1.70 bits per heavy atom. The van der Waals surface area contributed by atoms with E-state index < -0.39 is 10.0 Å². The van der Waals surface area contributed by atoms with Gasteiger partial charge in [0.15, 0.2) is 0 Å². The third-order valence-corrected chi connectivity index (χ3v) is 6.66. The van der Waals surface area contributed by atoms with Gasteiger partial charge < -0.3 is 10.1 Å². The number of nitrogens with zero attached hydrogens (tertiary/aromatic N) is 3. The fourth-order valence-electron chi connectivity index (χ4n) is 3.02. The number of sulfonamides is 1. The van der Waals surface area contributed by atoms with Crippen molar-refractivity contribution in [3.63, 3.8) is 0 Å². The number of hydrogen-bond acceptors (Lipinski definition) is 6. The largest absolute Gasteiger partial charge is 0.494 e. The Bertz CT molecular complexity index is 1270. The molecule has 0 spiro atoms. The Morgan fingerprint density at radius 3 is 2.30 bits per heavy atom. The van der Waals surface area contributed by atoms with Gasteiger partial charge in [0.05, 0.1) is 23.7 Å². The summed E-state index contributed by atoms with van der Waals surface area (Å²) < 4.78 is 32.1. The Morgan fingerprint density at radius 1 is 1.03 bits per heavy atom. The molecule has 2 aromatic carbocycles. The third kappa shape index (κ3) is 5.85. The highest BCUT2D eigenvalue weighted by Crippen LogP contribution is 2.20. The van der Waals surface area contributed by atoms with Crippen LogP contribution in [0.15, 0.2) is 70.4 Å². The van der Waals surface area contributed by atoms with Gasteiger partial charge in [0.1, 0.15) is 5.75 Å². The molecule has 1 aromatic heterocycles. The van der Waals surface area contributed by atoms with E-state index in [1.807, 2.05) is 31.2 Å². The van der Waals surface area contributed by atoms with Crippen molar-refractivity contribution in [2.75, 3.05) is 27.2 Å². The molecule has 0 aliphatic carbocycles. The predicted octanol–water partition coefficient (Wildman–Crippen LogP) is 1.99. The van der Waals surface area contributed by atoms with Crippen LogP contribution in [0.4, 0.5) is 0 Å². The fourth-order valence-corrected chi connectivity index (χ4v) is 3.92. The summed E-state index contributed by atoms with van der Waals surface area (Å²) in [5.74, 6) is 0.379. The molecule has 0 aliphatic rings. The Balaban J connectivity index is 1.64. The van der Waals surface area contributed by atoms with Crippen molar-refractivity contribution in [2.24, 2.45) is 0 Å². The van der Waals surface area contributed by atoms with Crippen LogP contribution in [0.1, 0.15) is 17.3 Å². The molecular weight excluding hydrogens is 444 g/mol. The lowest BCUT2D eigenvalue weighted by atomic mass is 10.1. The van der Waals surface area contributed by atoms with Crippen LogP contribution in [0.3, 0.4) is 0 Å². The van der Waals surface area contributed by atoms with Crippen molar-refractivity contribution in [1.82, 2.24) is 19.4 Å². The van der Waals surface area contributed by atoms with E-state index in [2.05, 4.69) is 10.4 Å². The van der Waals surface area contributed by atoms with Gasteiger partial charge in [-0.1, -0.05) is 0 Å². The molecular formula is C23H26N4O5S. The Hall–Kier alpha value is -3.50. The molecule has 0 bridgehead atoms. The SMILES string of the molecule is CCOc1ccc(-c2ccc(=O)n(CCNC(=O)c3ccc(S(=O)(=O)N(C)C)cc3)n2)cc1. The highest BCUT2D eigenvalue weighted by molar-refractivity contribution is 7.89. The van der Waals surface area contributed by atoms with Gasteiger partial charge in [0.25, 0.3) is 11.5 Å². The van der Waals surface area contributed by atoms with Crippen LogP contribution in [-0.4, -0.2) is 55.7 Å². The minimum atomic E-state index is -3.56. The van der Waals surface area contributed by atoms with E-state index in [-0.39, 0.29) is 29.5 Å². The van der Waals surface area contributed by atoms with E-state index in [4.69, 9.17) is 4.74 Å². The molecule has 0 unspecified atom stereocenters. The van der Waals surface area contributed by atoms with Gasteiger partial charge in [0.2, 0.25) is 10.0 Å². The lowest BCUT2D eigenvalue weighted by Crippen LogP contribution is -2.32. The topological polar surface area (TPSA) is 111 Å². The number of ether oxygens (including phenoxy) is 1. The third-order valence-electron chi connectivity index (χ3n) is 4.83. The molecule has 3 rings (SSSR count). The summed E-state index contributed by atoms with van der Waals surface area (Å²) in [6.07, 6.45) is 0. The first-order valence-corrected chi connectivity index (χ1v) is 11.8. The summed E-state index contributed by atoms with van der Waals surface area (Å²) in [7, 11) is -0.679. The average Bonchev–Trinajstić information content (AvgIpc) is 2.81. The van der Waals surface area contributed by atoms with Crippen molar-refractivity contribution >= 4 is 15.9 Å². The first-order valence-electron chi connectivity index (χ1n) is 10.3. The number of nitrogens with one attached hydrogen (secondary N) is 1. The van der Waals surface area contributed by atoms with Crippen LogP contribution >= 0.6 is 0 Å². The lowest BCUT2D eigenvalue weighted by Gasteiger charge is -2.12. The van der Waals surface area contributed by atoms with E-state index >= 15 is 0 Å². The molecule has 3 aromatic rings. The monoisotopic (exact) mass is 470 g/mol. The van der Waals surface area contributed by atoms with E-state index in [0.29, 0.717) is 17.9 Å². The number of benzene rings is 2. The molecule has 0 saturated carbocycles. The molecule has 33 heavy (non-hydrogen) atoms. The van der Waals surface area contributed by atoms with Gasteiger partial charge in [-0.3, -0.25) is 9.59 Å². The number of aromatic nitrogens is 2. The first-order chi connectivity index (χ1) is 15.7. The predicted molar refractivity (Wildman–Crippen MR) is 125 cm³/mol. The second kappa shape index (κ2) is 10.4. The molecule has 10 heteroatoms. The number of carbonyl (C=O) groups excluding carboxylic acids is 1. The summed E-state index contributed by atoms with van der Waals surface area (Å²) in [5, 5.41) is 7.10. The molecule has 1 N–H and O–H groups in total. The summed E-state index contributed by atoms with van der Waals surface area (Å²) in [6.45, 7) is 2.85. The van der Waals surface area contributed by atoms with E-state index in [1.54, 1.807) is 6.07 Å². The maximum atomic E-state index is 12.4. The highest BCUT2D eigenvalue weighted by atomic mass is 32.2. The molecule has 1 amide bonds. The van der Waals surface area contributed by atoms with E-state index in [9.17, 15) is 18.0 Å². The maximum Gasteiger partial charge on any atom is 0.266 e. The number of amides is 1. The number of rotatable bonds is 9. The molecule has 1 heterocycles. The zero-order chi connectivity index (χ0) is 24.0. The van der Waals surface area contributed by atoms with Crippen molar-refractivity contribution < 1.29 is 17.9 Å². The fraction of sp³-hybridized carbons (Fsp3) is 0.261. The maximum absolute atomic E-state index is 12.4. The Kier molecular flexibility index (Phi) is 7.62. The first kappa shape index (κ1) is 24.1. The smallest absolute Gasteiger partial charge is 0.266 e. The van der Waals surface area contributed by atoms with Crippen molar-refractivity contribution in [2.45, 2.75) is 18.4 Å². The van der Waals surface area contributed by atoms with Crippen LogP contribution in [-0.2, 0) is 16.6 Å². The minimum Gasteiger partial charge on any atom is -0.494 e. The molecule has 0 fully saturated rings. The molecule has 9 nitrogen and oxygen atoms in total. The Labute approximate surface area is 192 Å². The quantitative estimate of drug-likeness (QED) is 0.512. The van der Waals surface area contributed by atoms with Crippen LogP contribution < -0.4 is 15.6 Å². The zero-order valence-corrected chi connectivity index (χ0v) is 19.5. The molecule has 0 atom stereocenters. The van der Waals surface area contributed by atoms with Crippen LogP contribution in [0.2, 0.25) is 0 Å². The lowest BCUT2D eigenvalue weighted by molar-refractivity contribution is 0.0951. The molecule has 0 aliphatic heterocycles.